The molecule has 0 aromatic heterocycles. The second-order valence-corrected chi connectivity index (χ2v) is 9.21. The van der Waals surface area contributed by atoms with Crippen molar-refractivity contribution in [1.29, 1.82) is 0 Å². The number of aliphatic carboxylic acids is 1. The maximum absolute atomic E-state index is 12.5. The van der Waals surface area contributed by atoms with E-state index in [1.54, 1.807) is 13.8 Å². The Balaban J connectivity index is 1.55. The molecule has 3 N–H and O–H groups in total. The Bertz CT molecular complexity index is 966. The van der Waals surface area contributed by atoms with Gasteiger partial charge in [0.15, 0.2) is 0 Å². The fourth-order valence-corrected chi connectivity index (χ4v) is 4.45. The zero-order valence-electron chi connectivity index (χ0n) is 19.0. The van der Waals surface area contributed by atoms with Crippen LogP contribution in [0.2, 0.25) is 0 Å². The van der Waals surface area contributed by atoms with E-state index in [0.29, 0.717) is 12.2 Å². The van der Waals surface area contributed by atoms with Crippen molar-refractivity contribution in [3.63, 3.8) is 0 Å². The molecule has 8 heteroatoms. The van der Waals surface area contributed by atoms with E-state index in [9.17, 15) is 19.5 Å². The first kappa shape index (κ1) is 24.6. The molecule has 3 unspecified atom stereocenters. The number of carbonyl (C=O) groups excluding carboxylic acids is 2. The summed E-state index contributed by atoms with van der Waals surface area (Å²) >= 11 is 1.52. The molecule has 0 saturated heterocycles. The molecular formula is C25H30N2O5S. The fraction of sp³-hybridized carbons (Fsp3) is 0.400. The van der Waals surface area contributed by atoms with Crippen LogP contribution in [0.1, 0.15) is 37.3 Å². The van der Waals surface area contributed by atoms with Gasteiger partial charge in [-0.1, -0.05) is 55.5 Å². The van der Waals surface area contributed by atoms with Crippen molar-refractivity contribution in [3.05, 3.63) is 59.7 Å². The molecular weight excluding hydrogens is 440 g/mol. The lowest BCUT2D eigenvalue weighted by Gasteiger charge is -2.23. The zero-order valence-corrected chi connectivity index (χ0v) is 19.9. The van der Waals surface area contributed by atoms with E-state index >= 15 is 0 Å². The molecule has 33 heavy (non-hydrogen) atoms. The average molecular weight is 471 g/mol. The summed E-state index contributed by atoms with van der Waals surface area (Å²) in [5.74, 6) is -1.54. The molecule has 0 radical (unpaired) electrons. The minimum absolute atomic E-state index is 0.0491. The van der Waals surface area contributed by atoms with Crippen LogP contribution in [0.25, 0.3) is 11.1 Å². The fourth-order valence-electron chi connectivity index (χ4n) is 3.97. The van der Waals surface area contributed by atoms with E-state index in [4.69, 9.17) is 4.74 Å². The number of carboxylic acids is 1. The molecule has 0 bridgehead atoms. The lowest BCUT2D eigenvalue weighted by atomic mass is 9.98. The molecule has 3 atom stereocenters. The van der Waals surface area contributed by atoms with Gasteiger partial charge in [-0.3, -0.25) is 4.79 Å². The summed E-state index contributed by atoms with van der Waals surface area (Å²) in [4.78, 5) is 36.4. The van der Waals surface area contributed by atoms with Crippen molar-refractivity contribution in [3.8, 4) is 11.1 Å². The minimum atomic E-state index is -1.07. The first-order valence-electron chi connectivity index (χ1n) is 11.0. The predicted molar refractivity (Wildman–Crippen MR) is 129 cm³/mol. The SMILES string of the molecule is CSCCC(NC(=O)C(C)C(C)NC(=O)OCC1c2ccccc2-c2ccccc21)C(=O)O. The number of amides is 2. The number of benzene rings is 2. The third-order valence-electron chi connectivity index (χ3n) is 6.08. The monoisotopic (exact) mass is 470 g/mol. The molecule has 7 nitrogen and oxygen atoms in total. The highest BCUT2D eigenvalue weighted by Crippen LogP contribution is 2.44. The highest BCUT2D eigenvalue weighted by atomic mass is 32.2. The Morgan fingerprint density at radius 1 is 1.00 bits per heavy atom. The third-order valence-corrected chi connectivity index (χ3v) is 6.72. The summed E-state index contributed by atoms with van der Waals surface area (Å²) in [7, 11) is 0. The minimum Gasteiger partial charge on any atom is -0.480 e. The van der Waals surface area contributed by atoms with Gasteiger partial charge in [-0.2, -0.15) is 11.8 Å². The van der Waals surface area contributed by atoms with Gasteiger partial charge in [0.2, 0.25) is 5.91 Å². The van der Waals surface area contributed by atoms with Gasteiger partial charge < -0.3 is 20.5 Å². The molecule has 2 aromatic carbocycles. The molecule has 0 saturated carbocycles. The van der Waals surface area contributed by atoms with Crippen molar-refractivity contribution in [1.82, 2.24) is 10.6 Å². The number of alkyl carbamates (subject to hydrolysis) is 1. The van der Waals surface area contributed by atoms with Gasteiger partial charge in [-0.25, -0.2) is 9.59 Å². The molecule has 0 fully saturated rings. The maximum atomic E-state index is 12.5. The molecule has 2 amide bonds. The lowest BCUT2D eigenvalue weighted by Crippen LogP contribution is -2.49. The number of thioether (sulfide) groups is 1. The number of rotatable bonds is 10. The Morgan fingerprint density at radius 2 is 1.58 bits per heavy atom. The van der Waals surface area contributed by atoms with Gasteiger partial charge in [0, 0.05) is 12.0 Å². The van der Waals surface area contributed by atoms with E-state index in [1.165, 1.54) is 11.8 Å². The van der Waals surface area contributed by atoms with Crippen molar-refractivity contribution in [2.45, 2.75) is 38.3 Å². The van der Waals surface area contributed by atoms with Crippen LogP contribution >= 0.6 is 11.8 Å². The zero-order chi connectivity index (χ0) is 24.0. The summed E-state index contributed by atoms with van der Waals surface area (Å²) in [6.45, 7) is 3.53. The van der Waals surface area contributed by atoms with E-state index in [2.05, 4.69) is 22.8 Å². The van der Waals surface area contributed by atoms with Crippen molar-refractivity contribution < 1.29 is 24.2 Å². The predicted octanol–water partition coefficient (Wildman–Crippen LogP) is 3.87. The highest BCUT2D eigenvalue weighted by molar-refractivity contribution is 7.98. The largest absolute Gasteiger partial charge is 0.480 e. The van der Waals surface area contributed by atoms with Gasteiger partial charge in [0.25, 0.3) is 0 Å². The van der Waals surface area contributed by atoms with Crippen LogP contribution < -0.4 is 10.6 Å². The molecule has 0 spiro atoms. The Hall–Kier alpha value is -3.00. The van der Waals surface area contributed by atoms with Crippen molar-refractivity contribution >= 4 is 29.7 Å². The van der Waals surface area contributed by atoms with E-state index in [0.717, 1.165) is 22.3 Å². The van der Waals surface area contributed by atoms with Crippen LogP contribution in [0.4, 0.5) is 4.79 Å². The highest BCUT2D eigenvalue weighted by Gasteiger charge is 2.30. The van der Waals surface area contributed by atoms with Gasteiger partial charge >= 0.3 is 12.1 Å². The number of hydrogen-bond donors (Lipinski definition) is 3. The molecule has 176 valence electrons. The van der Waals surface area contributed by atoms with E-state index < -0.39 is 36.0 Å². The standard InChI is InChI=1S/C25H30N2O5S/c1-15(23(28)27-22(24(29)30)12-13-33-3)16(2)26-25(31)32-14-21-19-10-6-4-8-17(19)18-9-5-7-11-20(18)21/h4-11,15-16,21-22H,12-14H2,1-3H3,(H,26,31)(H,27,28)(H,29,30). The normalized spacial score (nSPS) is 15.0. The number of carbonyl (C=O) groups is 3. The van der Waals surface area contributed by atoms with E-state index in [-0.39, 0.29) is 12.5 Å². The van der Waals surface area contributed by atoms with E-state index in [1.807, 2.05) is 42.7 Å². The number of hydrogen-bond acceptors (Lipinski definition) is 5. The Morgan fingerprint density at radius 3 is 2.12 bits per heavy atom. The summed E-state index contributed by atoms with van der Waals surface area (Å²) in [6.07, 6.45) is 1.61. The van der Waals surface area contributed by atoms with Gasteiger partial charge in [-0.15, -0.1) is 0 Å². The van der Waals surface area contributed by atoms with Crippen LogP contribution in [0.15, 0.2) is 48.5 Å². The molecule has 0 aliphatic heterocycles. The van der Waals surface area contributed by atoms with Gasteiger partial charge in [0.1, 0.15) is 12.6 Å². The molecule has 1 aliphatic carbocycles. The van der Waals surface area contributed by atoms with Crippen LogP contribution in [0.3, 0.4) is 0 Å². The summed E-state index contributed by atoms with van der Waals surface area (Å²) in [5.41, 5.74) is 4.54. The number of ether oxygens (including phenoxy) is 1. The summed E-state index contributed by atoms with van der Waals surface area (Å²) < 4.78 is 5.53. The Kier molecular flexibility index (Phi) is 8.38. The van der Waals surface area contributed by atoms with Crippen molar-refractivity contribution in [2.24, 2.45) is 5.92 Å². The first-order chi connectivity index (χ1) is 15.8. The smallest absolute Gasteiger partial charge is 0.407 e. The van der Waals surface area contributed by atoms with Crippen LogP contribution in [0, 0.1) is 5.92 Å². The number of carboxylic acid groups (broad SMARTS) is 1. The number of fused-ring (bicyclic) bond motifs is 3. The molecule has 0 heterocycles. The van der Waals surface area contributed by atoms with Crippen molar-refractivity contribution in [2.75, 3.05) is 18.6 Å². The third kappa shape index (κ3) is 5.87. The quantitative estimate of drug-likeness (QED) is 0.487. The summed E-state index contributed by atoms with van der Waals surface area (Å²) in [5, 5.41) is 14.6. The second-order valence-electron chi connectivity index (χ2n) is 8.23. The lowest BCUT2D eigenvalue weighted by molar-refractivity contribution is -0.142. The Labute approximate surface area is 198 Å². The summed E-state index contributed by atoms with van der Waals surface area (Å²) in [6, 6.07) is 14.7. The average Bonchev–Trinajstić information content (AvgIpc) is 3.13. The van der Waals surface area contributed by atoms with Crippen LogP contribution in [-0.4, -0.2) is 53.8 Å². The maximum Gasteiger partial charge on any atom is 0.407 e. The second kappa shape index (κ2) is 11.2. The van der Waals surface area contributed by atoms with Gasteiger partial charge in [-0.05, 0) is 47.6 Å². The molecule has 1 aliphatic rings. The van der Waals surface area contributed by atoms with Crippen LogP contribution in [-0.2, 0) is 14.3 Å². The van der Waals surface area contributed by atoms with Crippen LogP contribution in [0.5, 0.6) is 0 Å². The van der Waals surface area contributed by atoms with Gasteiger partial charge in [0.05, 0.1) is 5.92 Å². The molecule has 2 aromatic rings. The number of nitrogens with one attached hydrogen (secondary N) is 2. The first-order valence-corrected chi connectivity index (χ1v) is 12.4. The molecule has 3 rings (SSSR count). The topological polar surface area (TPSA) is 105 Å².